The predicted molar refractivity (Wildman–Crippen MR) is 252 cm³/mol. The maximum atomic E-state index is 12.8. The fourth-order valence-corrected chi connectivity index (χ4v) is 7.97. The van der Waals surface area contributed by atoms with Crippen LogP contribution in [-0.4, -0.2) is 89.0 Å². The monoisotopic (exact) mass is 881 g/mol. The van der Waals surface area contributed by atoms with Gasteiger partial charge in [0.2, 0.25) is 0 Å². The molecule has 62 heavy (non-hydrogen) atoms. The molecule has 0 aromatic heterocycles. The van der Waals surface area contributed by atoms with Gasteiger partial charge in [0.05, 0.1) is 13.2 Å². The third-order valence-corrected chi connectivity index (χ3v) is 12.1. The van der Waals surface area contributed by atoms with E-state index in [0.29, 0.717) is 12.8 Å². The van der Waals surface area contributed by atoms with Gasteiger partial charge in [-0.15, -0.1) is 0 Å². The van der Waals surface area contributed by atoms with Gasteiger partial charge in [0.15, 0.2) is 12.4 Å². The zero-order valence-corrected chi connectivity index (χ0v) is 39.9. The second kappa shape index (κ2) is 43.1. The molecule has 364 valence electrons. The molecule has 0 aliphatic carbocycles. The Hall–Kier alpha value is -1.82. The van der Waals surface area contributed by atoms with Crippen molar-refractivity contribution in [2.45, 2.75) is 275 Å². The van der Waals surface area contributed by atoms with Gasteiger partial charge in [-0.2, -0.15) is 0 Å². The van der Waals surface area contributed by atoms with Crippen LogP contribution in [0.1, 0.15) is 239 Å². The Morgan fingerprint density at radius 3 is 1.39 bits per heavy atom. The van der Waals surface area contributed by atoms with E-state index in [1.165, 1.54) is 135 Å². The van der Waals surface area contributed by atoms with E-state index in [2.05, 4.69) is 38.2 Å². The van der Waals surface area contributed by atoms with E-state index in [-0.39, 0.29) is 32.0 Å². The van der Waals surface area contributed by atoms with Crippen molar-refractivity contribution in [2.24, 2.45) is 0 Å². The summed E-state index contributed by atoms with van der Waals surface area (Å²) in [6, 6.07) is 0. The number of hydrogen-bond donors (Lipinski definition) is 4. The Morgan fingerprint density at radius 1 is 0.500 bits per heavy atom. The smallest absolute Gasteiger partial charge is 0.306 e. The molecule has 0 radical (unpaired) electrons. The van der Waals surface area contributed by atoms with Gasteiger partial charge in [-0.3, -0.25) is 9.59 Å². The number of unbranched alkanes of at least 4 members (excludes halogenated alkanes) is 29. The van der Waals surface area contributed by atoms with Crippen LogP contribution in [0.5, 0.6) is 0 Å². The lowest BCUT2D eigenvalue weighted by atomic mass is 9.99. The van der Waals surface area contributed by atoms with Crippen molar-refractivity contribution in [3.63, 3.8) is 0 Å². The molecule has 6 atom stereocenters. The van der Waals surface area contributed by atoms with Gasteiger partial charge in [0.1, 0.15) is 31.0 Å². The van der Waals surface area contributed by atoms with Crippen LogP contribution in [0.2, 0.25) is 0 Å². The Balaban J connectivity index is 2.22. The molecule has 10 nitrogen and oxygen atoms in total. The van der Waals surface area contributed by atoms with E-state index in [1.54, 1.807) is 0 Å². The van der Waals surface area contributed by atoms with Crippen molar-refractivity contribution >= 4 is 11.9 Å². The largest absolute Gasteiger partial charge is 0.462 e. The van der Waals surface area contributed by atoms with Crippen molar-refractivity contribution in [3.05, 3.63) is 24.3 Å². The Bertz CT molecular complexity index is 1060. The maximum absolute atomic E-state index is 12.8. The van der Waals surface area contributed by atoms with Crippen molar-refractivity contribution in [1.29, 1.82) is 0 Å². The zero-order valence-electron chi connectivity index (χ0n) is 39.9. The minimum absolute atomic E-state index is 0.221. The van der Waals surface area contributed by atoms with E-state index < -0.39 is 49.4 Å². The van der Waals surface area contributed by atoms with Crippen molar-refractivity contribution < 1.29 is 49.0 Å². The molecule has 0 spiro atoms. The first-order valence-electron chi connectivity index (χ1n) is 25.9. The summed E-state index contributed by atoms with van der Waals surface area (Å²) >= 11 is 0. The van der Waals surface area contributed by atoms with Gasteiger partial charge in [-0.25, -0.2) is 0 Å². The Kier molecular flexibility index (Phi) is 40.4. The summed E-state index contributed by atoms with van der Waals surface area (Å²) in [4.78, 5) is 25.4. The van der Waals surface area contributed by atoms with Gasteiger partial charge in [0, 0.05) is 12.8 Å². The molecule has 1 aliphatic rings. The van der Waals surface area contributed by atoms with Crippen LogP contribution in [0.3, 0.4) is 0 Å². The van der Waals surface area contributed by atoms with Gasteiger partial charge < -0.3 is 39.4 Å². The van der Waals surface area contributed by atoms with Crippen LogP contribution in [-0.2, 0) is 28.5 Å². The minimum Gasteiger partial charge on any atom is -0.462 e. The second-order valence-corrected chi connectivity index (χ2v) is 18.0. The molecule has 0 saturated carbocycles. The van der Waals surface area contributed by atoms with Gasteiger partial charge in [0.25, 0.3) is 0 Å². The molecular formula is C52H96O10. The lowest BCUT2D eigenvalue weighted by molar-refractivity contribution is -0.305. The van der Waals surface area contributed by atoms with Crippen LogP contribution >= 0.6 is 0 Å². The van der Waals surface area contributed by atoms with Crippen LogP contribution < -0.4 is 0 Å². The summed E-state index contributed by atoms with van der Waals surface area (Å²) in [5.41, 5.74) is 0. The highest BCUT2D eigenvalue weighted by Crippen LogP contribution is 2.23. The van der Waals surface area contributed by atoms with Gasteiger partial charge in [-0.05, 0) is 38.5 Å². The number of carbonyl (C=O) groups is 2. The highest BCUT2D eigenvalue weighted by Gasteiger charge is 2.44. The molecule has 1 saturated heterocycles. The third kappa shape index (κ3) is 33.7. The third-order valence-electron chi connectivity index (χ3n) is 12.1. The highest BCUT2D eigenvalue weighted by atomic mass is 16.7. The van der Waals surface area contributed by atoms with E-state index in [4.69, 9.17) is 18.9 Å². The van der Waals surface area contributed by atoms with Gasteiger partial charge >= 0.3 is 11.9 Å². The number of carbonyl (C=O) groups excluding carboxylic acids is 2. The second-order valence-electron chi connectivity index (χ2n) is 18.0. The fraction of sp³-hybridized carbons (Fsp3) is 0.885. The molecule has 0 amide bonds. The Morgan fingerprint density at radius 2 is 0.919 bits per heavy atom. The molecular weight excluding hydrogens is 785 g/mol. The lowest BCUT2D eigenvalue weighted by Gasteiger charge is -2.39. The molecule has 0 aromatic rings. The molecule has 1 fully saturated rings. The summed E-state index contributed by atoms with van der Waals surface area (Å²) in [5.74, 6) is -0.811. The topological polar surface area (TPSA) is 152 Å². The van der Waals surface area contributed by atoms with Crippen LogP contribution in [0.25, 0.3) is 0 Å². The first kappa shape index (κ1) is 58.2. The molecule has 1 rings (SSSR count). The summed E-state index contributed by atoms with van der Waals surface area (Å²) in [6.07, 6.45) is 41.9. The van der Waals surface area contributed by atoms with E-state index in [1.807, 2.05) is 0 Å². The number of allylic oxidation sites excluding steroid dienone is 4. The summed E-state index contributed by atoms with van der Waals surface area (Å²) in [7, 11) is 0. The number of esters is 2. The number of rotatable bonds is 44. The lowest BCUT2D eigenvalue weighted by Crippen LogP contribution is -2.59. The molecule has 1 aliphatic heterocycles. The van der Waals surface area contributed by atoms with Crippen LogP contribution in [0, 0.1) is 0 Å². The molecule has 2 unspecified atom stereocenters. The van der Waals surface area contributed by atoms with Crippen molar-refractivity contribution in [1.82, 2.24) is 0 Å². The van der Waals surface area contributed by atoms with Gasteiger partial charge in [-0.1, -0.05) is 212 Å². The maximum Gasteiger partial charge on any atom is 0.306 e. The minimum atomic E-state index is -1.59. The predicted octanol–water partition coefficient (Wildman–Crippen LogP) is 12.1. The summed E-state index contributed by atoms with van der Waals surface area (Å²) < 4.78 is 22.2. The van der Waals surface area contributed by atoms with E-state index in [9.17, 15) is 30.0 Å². The van der Waals surface area contributed by atoms with Crippen LogP contribution in [0.4, 0.5) is 0 Å². The van der Waals surface area contributed by atoms with Crippen molar-refractivity contribution in [3.8, 4) is 0 Å². The Labute approximate surface area is 379 Å². The van der Waals surface area contributed by atoms with E-state index >= 15 is 0 Å². The highest BCUT2D eigenvalue weighted by molar-refractivity contribution is 5.70. The molecule has 0 aromatic carbocycles. The quantitative estimate of drug-likeness (QED) is 0.0264. The molecule has 1 heterocycles. The van der Waals surface area contributed by atoms with Crippen molar-refractivity contribution in [2.75, 3.05) is 19.8 Å². The standard InChI is InChI=1S/C52H96O10/c1-3-5-7-9-11-13-15-17-19-20-21-22-23-24-25-26-27-29-31-33-35-37-39-41-48(55)61-45(44-60-52-51(58)50(57)49(56)46(42-53)62-52)43-59-47(54)40-38-36-34-32-30-28-18-16-14-12-10-8-6-4-2/h10,12,16,18,45-46,49-53,56-58H,3-9,11,13-15,17,19-44H2,1-2H3/b12-10+,18-16+/t45-,46-,49+,50?,51?,52-/m1/s1. The zero-order chi connectivity index (χ0) is 45.1. The molecule has 10 heteroatoms. The fourth-order valence-electron chi connectivity index (χ4n) is 7.97. The number of ether oxygens (including phenoxy) is 4. The van der Waals surface area contributed by atoms with E-state index in [0.717, 1.165) is 64.2 Å². The first-order chi connectivity index (χ1) is 30.3. The number of aliphatic hydroxyl groups excluding tert-OH is 4. The first-order valence-corrected chi connectivity index (χ1v) is 25.9. The SMILES string of the molecule is CCCC/C=C/C/C=C/CCCCCCCC(=O)OC[C@H](CO[C@@H]1O[C@H](CO)[C@H](O)C(O)C1O)OC(=O)CCCCCCCCCCCCCCCCCCCCCCCCC. The average molecular weight is 881 g/mol. The molecule has 0 bridgehead atoms. The summed E-state index contributed by atoms with van der Waals surface area (Å²) in [5, 5.41) is 40.2. The summed E-state index contributed by atoms with van der Waals surface area (Å²) in [6.45, 7) is 3.40. The number of hydrogen-bond acceptors (Lipinski definition) is 10. The molecule has 4 N–H and O–H groups in total. The normalized spacial score (nSPS) is 19.7. The average Bonchev–Trinajstić information content (AvgIpc) is 3.27. The van der Waals surface area contributed by atoms with Crippen LogP contribution in [0.15, 0.2) is 24.3 Å². The number of aliphatic hydroxyl groups is 4.